The maximum absolute atomic E-state index is 11.3. The summed E-state index contributed by atoms with van der Waals surface area (Å²) in [6, 6.07) is -0.475. The third kappa shape index (κ3) is 4.41. The van der Waals surface area contributed by atoms with Gasteiger partial charge >= 0.3 is 0 Å². The second-order valence-corrected chi connectivity index (χ2v) is 4.45. The fourth-order valence-corrected chi connectivity index (χ4v) is 2.20. The molecule has 0 bridgehead atoms. The number of hydrogen-bond donors (Lipinski definition) is 2. The smallest absolute Gasteiger partial charge is 0.240 e. The van der Waals surface area contributed by atoms with Crippen molar-refractivity contribution in [2.75, 3.05) is 26.2 Å². The van der Waals surface area contributed by atoms with Crippen molar-refractivity contribution in [2.45, 2.75) is 19.9 Å². The first-order chi connectivity index (χ1) is 8.19. The standard InChI is InChI=1S/C11H20N4OS/c1-3-15(4-2)6-5-13-10(11(12)16)9-7-17-8-14-9/h7-8,10,13H,3-6H2,1-2H3,(H2,12,16). The van der Waals surface area contributed by atoms with Gasteiger partial charge in [0, 0.05) is 18.5 Å². The molecule has 6 heteroatoms. The van der Waals surface area contributed by atoms with Gasteiger partial charge < -0.3 is 10.6 Å². The zero-order chi connectivity index (χ0) is 12.7. The van der Waals surface area contributed by atoms with Crippen LogP contribution in [0.1, 0.15) is 25.6 Å². The highest BCUT2D eigenvalue weighted by Gasteiger charge is 2.18. The highest BCUT2D eigenvalue weighted by molar-refractivity contribution is 7.07. The molecule has 96 valence electrons. The molecule has 17 heavy (non-hydrogen) atoms. The zero-order valence-corrected chi connectivity index (χ0v) is 11.2. The Labute approximate surface area is 106 Å². The van der Waals surface area contributed by atoms with Crippen molar-refractivity contribution in [2.24, 2.45) is 5.73 Å². The third-order valence-electron chi connectivity index (χ3n) is 2.70. The molecule has 0 aliphatic carbocycles. The van der Waals surface area contributed by atoms with Gasteiger partial charge in [-0.05, 0) is 13.1 Å². The monoisotopic (exact) mass is 256 g/mol. The lowest BCUT2D eigenvalue weighted by Gasteiger charge is -2.20. The number of likely N-dealkylation sites (N-methyl/N-ethyl adjacent to an activating group) is 1. The summed E-state index contributed by atoms with van der Waals surface area (Å²) in [7, 11) is 0. The van der Waals surface area contributed by atoms with Crippen molar-refractivity contribution in [1.29, 1.82) is 0 Å². The zero-order valence-electron chi connectivity index (χ0n) is 10.3. The summed E-state index contributed by atoms with van der Waals surface area (Å²) in [6.07, 6.45) is 0. The Bertz CT molecular complexity index is 324. The first-order valence-corrected chi connectivity index (χ1v) is 6.76. The number of carbonyl (C=O) groups is 1. The number of rotatable bonds is 8. The maximum Gasteiger partial charge on any atom is 0.240 e. The number of carbonyl (C=O) groups excluding carboxylic acids is 1. The van der Waals surface area contributed by atoms with Crippen molar-refractivity contribution in [3.05, 3.63) is 16.6 Å². The number of amides is 1. The normalized spacial score (nSPS) is 12.9. The minimum absolute atomic E-state index is 0.379. The SMILES string of the molecule is CCN(CC)CCNC(C(N)=O)c1cscn1. The van der Waals surface area contributed by atoms with Gasteiger partial charge in [-0.3, -0.25) is 10.1 Å². The Morgan fingerprint density at radius 3 is 2.76 bits per heavy atom. The second-order valence-electron chi connectivity index (χ2n) is 3.73. The molecule has 0 spiro atoms. The molecule has 1 aromatic rings. The molecule has 3 N–H and O–H groups in total. The van der Waals surface area contributed by atoms with E-state index in [1.54, 1.807) is 5.51 Å². The summed E-state index contributed by atoms with van der Waals surface area (Å²) in [5.74, 6) is -0.379. The number of thiazole rings is 1. The third-order valence-corrected chi connectivity index (χ3v) is 3.31. The molecule has 0 fully saturated rings. The van der Waals surface area contributed by atoms with E-state index in [1.165, 1.54) is 11.3 Å². The Morgan fingerprint density at radius 1 is 1.59 bits per heavy atom. The predicted molar refractivity (Wildman–Crippen MR) is 69.8 cm³/mol. The topological polar surface area (TPSA) is 71.2 Å². The van der Waals surface area contributed by atoms with Crippen molar-refractivity contribution in [3.8, 4) is 0 Å². The number of nitrogens with one attached hydrogen (secondary N) is 1. The number of primary amides is 1. The van der Waals surface area contributed by atoms with Gasteiger partial charge in [-0.1, -0.05) is 13.8 Å². The molecular weight excluding hydrogens is 236 g/mol. The van der Waals surface area contributed by atoms with E-state index in [2.05, 4.69) is 29.0 Å². The van der Waals surface area contributed by atoms with Crippen LogP contribution in [0.2, 0.25) is 0 Å². The average Bonchev–Trinajstić information content (AvgIpc) is 2.82. The minimum atomic E-state index is -0.475. The molecule has 5 nitrogen and oxygen atoms in total. The summed E-state index contributed by atoms with van der Waals surface area (Å²) in [4.78, 5) is 17.7. The Morgan fingerprint density at radius 2 is 2.29 bits per heavy atom. The van der Waals surface area contributed by atoms with Crippen LogP contribution in [0.4, 0.5) is 0 Å². The molecule has 1 atom stereocenters. The van der Waals surface area contributed by atoms with Crippen molar-refractivity contribution in [1.82, 2.24) is 15.2 Å². The molecule has 0 saturated heterocycles. The second kappa shape index (κ2) is 7.37. The lowest BCUT2D eigenvalue weighted by Crippen LogP contribution is -2.38. The van der Waals surface area contributed by atoms with E-state index in [0.29, 0.717) is 5.69 Å². The van der Waals surface area contributed by atoms with Crippen LogP contribution >= 0.6 is 11.3 Å². The number of hydrogen-bond acceptors (Lipinski definition) is 5. The fraction of sp³-hybridized carbons (Fsp3) is 0.636. The van der Waals surface area contributed by atoms with E-state index < -0.39 is 6.04 Å². The molecule has 1 amide bonds. The summed E-state index contributed by atoms with van der Waals surface area (Å²) < 4.78 is 0. The predicted octanol–water partition coefficient (Wildman–Crippen LogP) is 0.601. The molecule has 0 aromatic carbocycles. The van der Waals surface area contributed by atoms with Crippen LogP contribution in [0.5, 0.6) is 0 Å². The van der Waals surface area contributed by atoms with Gasteiger partial charge in [0.05, 0.1) is 11.2 Å². The highest BCUT2D eigenvalue weighted by Crippen LogP contribution is 2.11. The van der Waals surface area contributed by atoms with Crippen molar-refractivity contribution < 1.29 is 4.79 Å². The van der Waals surface area contributed by atoms with E-state index in [1.807, 2.05) is 5.38 Å². The molecular formula is C11H20N4OS. The average molecular weight is 256 g/mol. The van der Waals surface area contributed by atoms with Gasteiger partial charge in [0.15, 0.2) is 0 Å². The Kier molecular flexibility index (Phi) is 6.10. The van der Waals surface area contributed by atoms with Crippen LogP contribution in [0, 0.1) is 0 Å². The van der Waals surface area contributed by atoms with Crippen molar-refractivity contribution >= 4 is 17.2 Å². The van der Waals surface area contributed by atoms with Gasteiger partial charge in [-0.15, -0.1) is 11.3 Å². The summed E-state index contributed by atoms with van der Waals surface area (Å²) in [5, 5.41) is 5.00. The van der Waals surface area contributed by atoms with Gasteiger partial charge in [-0.2, -0.15) is 0 Å². The van der Waals surface area contributed by atoms with Crippen LogP contribution in [0.3, 0.4) is 0 Å². The lowest BCUT2D eigenvalue weighted by molar-refractivity contribution is -0.120. The van der Waals surface area contributed by atoms with E-state index in [9.17, 15) is 4.79 Å². The first-order valence-electron chi connectivity index (χ1n) is 5.82. The molecule has 1 unspecified atom stereocenters. The molecule has 1 heterocycles. The summed E-state index contributed by atoms with van der Waals surface area (Å²) in [5.41, 5.74) is 7.78. The van der Waals surface area contributed by atoms with Gasteiger partial charge in [0.25, 0.3) is 0 Å². The molecule has 1 rings (SSSR count). The van der Waals surface area contributed by atoms with Crippen LogP contribution in [0.25, 0.3) is 0 Å². The lowest BCUT2D eigenvalue weighted by atomic mass is 10.2. The van der Waals surface area contributed by atoms with E-state index in [-0.39, 0.29) is 5.91 Å². The molecule has 1 aromatic heterocycles. The van der Waals surface area contributed by atoms with Crippen LogP contribution in [0.15, 0.2) is 10.9 Å². The van der Waals surface area contributed by atoms with E-state index >= 15 is 0 Å². The number of nitrogens with two attached hydrogens (primary N) is 1. The maximum atomic E-state index is 11.3. The molecule has 0 aliphatic heterocycles. The van der Waals surface area contributed by atoms with Gasteiger partial charge in [0.2, 0.25) is 5.91 Å². The molecule has 0 radical (unpaired) electrons. The summed E-state index contributed by atoms with van der Waals surface area (Å²) >= 11 is 1.46. The van der Waals surface area contributed by atoms with Gasteiger partial charge in [-0.25, -0.2) is 4.98 Å². The van der Waals surface area contributed by atoms with Crippen molar-refractivity contribution in [3.63, 3.8) is 0 Å². The molecule has 0 saturated carbocycles. The van der Waals surface area contributed by atoms with Crippen LogP contribution in [-0.4, -0.2) is 42.0 Å². The van der Waals surface area contributed by atoms with Crippen LogP contribution in [-0.2, 0) is 4.79 Å². The van der Waals surface area contributed by atoms with E-state index in [0.717, 1.165) is 26.2 Å². The quantitative estimate of drug-likeness (QED) is 0.714. The molecule has 0 aliphatic rings. The minimum Gasteiger partial charge on any atom is -0.368 e. The first kappa shape index (κ1) is 14.1. The van der Waals surface area contributed by atoms with E-state index in [4.69, 9.17) is 5.73 Å². The fourth-order valence-electron chi connectivity index (χ4n) is 1.62. The Hall–Kier alpha value is -0.980. The number of aromatic nitrogens is 1. The van der Waals surface area contributed by atoms with Gasteiger partial charge in [0.1, 0.15) is 6.04 Å². The Balaban J connectivity index is 2.44. The van der Waals surface area contributed by atoms with Crippen LogP contribution < -0.4 is 11.1 Å². The highest BCUT2D eigenvalue weighted by atomic mass is 32.1. The largest absolute Gasteiger partial charge is 0.368 e. The number of nitrogens with zero attached hydrogens (tertiary/aromatic N) is 2. The summed E-state index contributed by atoms with van der Waals surface area (Å²) in [6.45, 7) is 7.89.